The van der Waals surface area contributed by atoms with Crippen molar-refractivity contribution in [2.45, 2.75) is 26.2 Å². The van der Waals surface area contributed by atoms with Crippen molar-refractivity contribution in [2.24, 2.45) is 5.92 Å². The zero-order chi connectivity index (χ0) is 12.1. The van der Waals surface area contributed by atoms with Crippen LogP contribution in [0.25, 0.3) is 0 Å². The molecule has 5 nitrogen and oxygen atoms in total. The molecule has 0 amide bonds. The van der Waals surface area contributed by atoms with Crippen LogP contribution in [0.5, 0.6) is 0 Å². The van der Waals surface area contributed by atoms with Gasteiger partial charge in [0.15, 0.2) is 5.82 Å². The van der Waals surface area contributed by atoms with Crippen LogP contribution in [0.4, 0.5) is 5.82 Å². The Bertz CT molecular complexity index is 389. The molecule has 1 saturated carbocycles. The molecular formula is C12H19N5. The zero-order valence-corrected chi connectivity index (χ0v) is 10.2. The van der Waals surface area contributed by atoms with E-state index in [-0.39, 0.29) is 0 Å². The molecule has 0 bridgehead atoms. The molecule has 1 heterocycles. The van der Waals surface area contributed by atoms with Crippen molar-refractivity contribution in [3.63, 3.8) is 0 Å². The summed E-state index contributed by atoms with van der Waals surface area (Å²) < 4.78 is 0. The first kappa shape index (κ1) is 11.7. The summed E-state index contributed by atoms with van der Waals surface area (Å²) in [6, 6.07) is 0. The minimum Gasteiger partial charge on any atom is -0.388 e. The van der Waals surface area contributed by atoms with Gasteiger partial charge in [-0.05, 0) is 31.3 Å². The van der Waals surface area contributed by atoms with Gasteiger partial charge in [-0.1, -0.05) is 13.5 Å². The van der Waals surface area contributed by atoms with Crippen molar-refractivity contribution < 1.29 is 0 Å². The van der Waals surface area contributed by atoms with Crippen molar-refractivity contribution in [3.8, 4) is 0 Å². The second-order valence-corrected chi connectivity index (χ2v) is 4.31. The molecule has 17 heavy (non-hydrogen) atoms. The lowest BCUT2D eigenvalue weighted by Gasteiger charge is -2.10. The van der Waals surface area contributed by atoms with Gasteiger partial charge in [0.1, 0.15) is 0 Å². The van der Waals surface area contributed by atoms with Gasteiger partial charge in [-0.25, -0.2) is 0 Å². The van der Waals surface area contributed by atoms with E-state index in [0.29, 0.717) is 11.7 Å². The normalized spacial score (nSPS) is 15.7. The summed E-state index contributed by atoms with van der Waals surface area (Å²) in [5.41, 5.74) is 2.12. The van der Waals surface area contributed by atoms with E-state index in [1.165, 1.54) is 18.5 Å². The van der Waals surface area contributed by atoms with Crippen LogP contribution < -0.4 is 10.6 Å². The van der Waals surface area contributed by atoms with Crippen LogP contribution in [-0.4, -0.2) is 22.0 Å². The molecule has 0 atom stereocenters. The standard InChI is InChI=1S/C12H19N5/c1-3-6-13-11(10-4-5-10)7-9(2)15-12-8-14-17-16-12/h7-8,10,13H,2-6H2,1H3,(H2,14,15,16,17)/b11-7-. The molecule has 0 saturated heterocycles. The SMILES string of the molecule is C=C(/C=C(\NCCC)C1CC1)Nc1cn[nH]n1. The second-order valence-electron chi connectivity index (χ2n) is 4.31. The summed E-state index contributed by atoms with van der Waals surface area (Å²) in [5, 5.41) is 16.8. The summed E-state index contributed by atoms with van der Waals surface area (Å²) >= 11 is 0. The molecule has 1 aromatic heterocycles. The quantitative estimate of drug-likeness (QED) is 0.630. The number of aromatic amines is 1. The zero-order valence-electron chi connectivity index (χ0n) is 10.2. The maximum Gasteiger partial charge on any atom is 0.172 e. The number of aromatic nitrogens is 3. The number of allylic oxidation sites excluding steroid dienone is 2. The third-order valence-corrected chi connectivity index (χ3v) is 2.63. The molecule has 1 aromatic rings. The van der Waals surface area contributed by atoms with Crippen molar-refractivity contribution in [1.29, 1.82) is 0 Å². The molecular weight excluding hydrogens is 214 g/mol. The fraction of sp³-hybridized carbons (Fsp3) is 0.500. The predicted molar refractivity (Wildman–Crippen MR) is 68.2 cm³/mol. The minimum absolute atomic E-state index is 0.692. The number of rotatable bonds is 7. The maximum absolute atomic E-state index is 3.98. The lowest BCUT2D eigenvalue weighted by atomic mass is 10.2. The predicted octanol–water partition coefficient (Wildman–Crippen LogP) is 2.02. The first-order chi connectivity index (χ1) is 8.29. The van der Waals surface area contributed by atoms with E-state index in [1.54, 1.807) is 6.20 Å². The van der Waals surface area contributed by atoms with E-state index in [4.69, 9.17) is 0 Å². The van der Waals surface area contributed by atoms with E-state index < -0.39 is 0 Å². The number of nitrogens with zero attached hydrogens (tertiary/aromatic N) is 2. The van der Waals surface area contributed by atoms with Gasteiger partial charge in [0, 0.05) is 17.9 Å². The lowest BCUT2D eigenvalue weighted by molar-refractivity contribution is 0.719. The third kappa shape index (κ3) is 3.62. The fourth-order valence-electron chi connectivity index (χ4n) is 1.63. The summed E-state index contributed by atoms with van der Waals surface area (Å²) in [5.74, 6) is 1.38. The molecule has 0 aliphatic heterocycles. The molecule has 1 fully saturated rings. The van der Waals surface area contributed by atoms with Gasteiger partial charge in [0.25, 0.3) is 0 Å². The van der Waals surface area contributed by atoms with Crippen LogP contribution in [0.2, 0.25) is 0 Å². The second kappa shape index (κ2) is 5.52. The summed E-state index contributed by atoms with van der Waals surface area (Å²) in [6.45, 7) is 7.16. The Labute approximate surface area is 101 Å². The number of hydrogen-bond donors (Lipinski definition) is 3. The van der Waals surface area contributed by atoms with E-state index in [0.717, 1.165) is 18.7 Å². The number of H-pyrrole nitrogens is 1. The lowest BCUT2D eigenvalue weighted by Crippen LogP contribution is -2.16. The van der Waals surface area contributed by atoms with Crippen LogP contribution in [0.1, 0.15) is 26.2 Å². The summed E-state index contributed by atoms with van der Waals surface area (Å²) in [7, 11) is 0. The minimum atomic E-state index is 0.692. The highest BCUT2D eigenvalue weighted by Crippen LogP contribution is 2.35. The Morgan fingerprint density at radius 2 is 2.47 bits per heavy atom. The highest BCUT2D eigenvalue weighted by Gasteiger charge is 2.25. The summed E-state index contributed by atoms with van der Waals surface area (Å²) in [6.07, 6.45) is 7.39. The molecule has 3 N–H and O–H groups in total. The van der Waals surface area contributed by atoms with Gasteiger partial charge < -0.3 is 10.6 Å². The highest BCUT2D eigenvalue weighted by molar-refractivity contribution is 5.42. The number of nitrogens with one attached hydrogen (secondary N) is 3. The molecule has 0 unspecified atom stereocenters. The first-order valence-corrected chi connectivity index (χ1v) is 6.06. The van der Waals surface area contributed by atoms with Gasteiger partial charge in [0.2, 0.25) is 0 Å². The van der Waals surface area contributed by atoms with Gasteiger partial charge in [-0.15, -0.1) is 5.10 Å². The highest BCUT2D eigenvalue weighted by atomic mass is 15.3. The van der Waals surface area contributed by atoms with Crippen molar-refractivity contribution in [1.82, 2.24) is 20.7 Å². The van der Waals surface area contributed by atoms with Gasteiger partial charge in [-0.2, -0.15) is 10.3 Å². The van der Waals surface area contributed by atoms with Crippen molar-refractivity contribution in [3.05, 3.63) is 30.2 Å². The Balaban J connectivity index is 1.92. The molecule has 5 heteroatoms. The Hall–Kier alpha value is -1.78. The monoisotopic (exact) mass is 233 g/mol. The molecule has 0 aromatic carbocycles. The Kier molecular flexibility index (Phi) is 3.80. The third-order valence-electron chi connectivity index (χ3n) is 2.63. The fourth-order valence-corrected chi connectivity index (χ4v) is 1.63. The maximum atomic E-state index is 3.98. The summed E-state index contributed by atoms with van der Waals surface area (Å²) in [4.78, 5) is 0. The largest absolute Gasteiger partial charge is 0.388 e. The van der Waals surface area contributed by atoms with E-state index in [2.05, 4.69) is 45.6 Å². The smallest absolute Gasteiger partial charge is 0.172 e. The van der Waals surface area contributed by atoms with Gasteiger partial charge in [0.05, 0.1) is 6.20 Å². The number of hydrogen-bond acceptors (Lipinski definition) is 4. The first-order valence-electron chi connectivity index (χ1n) is 6.06. The average Bonchev–Trinajstić information content (AvgIpc) is 3.04. The molecule has 92 valence electrons. The van der Waals surface area contributed by atoms with Crippen LogP contribution in [0.15, 0.2) is 30.2 Å². The molecule has 1 aliphatic carbocycles. The van der Waals surface area contributed by atoms with Gasteiger partial charge >= 0.3 is 0 Å². The van der Waals surface area contributed by atoms with Crippen molar-refractivity contribution >= 4 is 5.82 Å². The van der Waals surface area contributed by atoms with Gasteiger partial charge in [-0.3, -0.25) is 0 Å². The number of anilines is 1. The van der Waals surface area contributed by atoms with E-state index in [1.807, 2.05) is 0 Å². The van der Waals surface area contributed by atoms with Crippen LogP contribution >= 0.6 is 0 Å². The molecule has 0 radical (unpaired) electrons. The van der Waals surface area contributed by atoms with E-state index >= 15 is 0 Å². The molecule has 1 aliphatic rings. The van der Waals surface area contributed by atoms with E-state index in [9.17, 15) is 0 Å². The Morgan fingerprint density at radius 1 is 1.65 bits per heavy atom. The van der Waals surface area contributed by atoms with Crippen LogP contribution in [-0.2, 0) is 0 Å². The van der Waals surface area contributed by atoms with Crippen LogP contribution in [0, 0.1) is 5.92 Å². The van der Waals surface area contributed by atoms with Crippen molar-refractivity contribution in [2.75, 3.05) is 11.9 Å². The van der Waals surface area contributed by atoms with Crippen LogP contribution in [0.3, 0.4) is 0 Å². The average molecular weight is 233 g/mol. The molecule has 0 spiro atoms. The molecule has 2 rings (SSSR count). The topological polar surface area (TPSA) is 65.6 Å². The Morgan fingerprint density at radius 3 is 3.06 bits per heavy atom.